The molecule has 2 amide bonds. The lowest BCUT2D eigenvalue weighted by atomic mass is 10.2. The summed E-state index contributed by atoms with van der Waals surface area (Å²) in [5.41, 5.74) is 1.64. The van der Waals surface area contributed by atoms with Crippen LogP contribution in [0, 0.1) is 0 Å². The minimum atomic E-state index is -0.384. The highest BCUT2D eigenvalue weighted by Crippen LogP contribution is 2.16. The van der Waals surface area contributed by atoms with Gasteiger partial charge in [-0.2, -0.15) is 5.10 Å². The van der Waals surface area contributed by atoms with E-state index < -0.39 is 0 Å². The number of carbonyl (C=O) groups is 1. The maximum atomic E-state index is 12.0. The Kier molecular flexibility index (Phi) is 5.03. The molecule has 0 unspecified atom stereocenters. The van der Waals surface area contributed by atoms with Gasteiger partial charge in [-0.3, -0.25) is 10.00 Å². The van der Waals surface area contributed by atoms with Crippen LogP contribution in [-0.4, -0.2) is 15.8 Å². The van der Waals surface area contributed by atoms with Gasteiger partial charge in [0.05, 0.1) is 6.54 Å². The van der Waals surface area contributed by atoms with Crippen LogP contribution in [-0.2, 0) is 6.54 Å². The Hall–Kier alpha value is -2.50. The zero-order valence-corrected chi connectivity index (χ0v) is 14.1. The van der Waals surface area contributed by atoms with E-state index in [0.717, 1.165) is 5.56 Å². The van der Waals surface area contributed by atoms with Crippen molar-refractivity contribution in [2.45, 2.75) is 6.54 Å². The molecule has 0 aliphatic carbocycles. The van der Waals surface area contributed by atoms with Gasteiger partial charge in [0.2, 0.25) is 0 Å². The normalized spacial score (nSPS) is 10.4. The SMILES string of the molecule is O=C(Nc1cccc(Cl)c1)Nc1ccn(Cc2cccc(Cl)c2)n1. The molecule has 0 saturated heterocycles. The summed E-state index contributed by atoms with van der Waals surface area (Å²) in [7, 11) is 0. The molecule has 0 spiro atoms. The largest absolute Gasteiger partial charge is 0.324 e. The molecule has 0 aliphatic heterocycles. The van der Waals surface area contributed by atoms with E-state index in [1.165, 1.54) is 0 Å². The third kappa shape index (κ3) is 4.50. The zero-order valence-electron chi connectivity index (χ0n) is 12.5. The van der Waals surface area contributed by atoms with Crippen molar-refractivity contribution in [3.05, 3.63) is 76.4 Å². The van der Waals surface area contributed by atoms with E-state index in [-0.39, 0.29) is 6.03 Å². The fourth-order valence-corrected chi connectivity index (χ4v) is 2.59. The maximum Gasteiger partial charge on any atom is 0.324 e. The molecule has 3 rings (SSSR count). The minimum Gasteiger partial charge on any atom is -0.308 e. The first-order chi connectivity index (χ1) is 11.6. The number of benzene rings is 2. The highest BCUT2D eigenvalue weighted by atomic mass is 35.5. The van der Waals surface area contributed by atoms with Crippen molar-refractivity contribution >= 4 is 40.7 Å². The highest BCUT2D eigenvalue weighted by Gasteiger charge is 2.06. The molecule has 2 aromatic carbocycles. The second-order valence-electron chi connectivity index (χ2n) is 5.12. The van der Waals surface area contributed by atoms with E-state index in [0.29, 0.717) is 28.1 Å². The predicted molar refractivity (Wildman–Crippen MR) is 96.9 cm³/mol. The molecule has 0 fully saturated rings. The number of amides is 2. The molecule has 0 aliphatic rings. The Morgan fingerprint density at radius 3 is 2.50 bits per heavy atom. The number of urea groups is 1. The molecule has 0 saturated carbocycles. The molecule has 1 heterocycles. The third-order valence-corrected chi connectivity index (χ3v) is 3.67. The molecule has 7 heteroatoms. The van der Waals surface area contributed by atoms with Crippen LogP contribution in [0.1, 0.15) is 5.56 Å². The fourth-order valence-electron chi connectivity index (χ4n) is 2.18. The number of halogens is 2. The van der Waals surface area contributed by atoms with E-state index in [1.807, 2.05) is 24.3 Å². The van der Waals surface area contributed by atoms with Crippen molar-refractivity contribution in [2.75, 3.05) is 10.6 Å². The molecular weight excluding hydrogens is 347 g/mol. The van der Waals surface area contributed by atoms with Crippen LogP contribution in [0.5, 0.6) is 0 Å². The molecule has 5 nitrogen and oxygen atoms in total. The monoisotopic (exact) mass is 360 g/mol. The van der Waals surface area contributed by atoms with Crippen molar-refractivity contribution in [1.82, 2.24) is 9.78 Å². The quantitative estimate of drug-likeness (QED) is 0.696. The molecule has 1 aromatic heterocycles. The molecule has 24 heavy (non-hydrogen) atoms. The summed E-state index contributed by atoms with van der Waals surface area (Å²) >= 11 is 11.9. The second kappa shape index (κ2) is 7.38. The number of rotatable bonds is 4. The van der Waals surface area contributed by atoms with Gasteiger partial charge >= 0.3 is 6.03 Å². The second-order valence-corrected chi connectivity index (χ2v) is 5.99. The molecular formula is C17H14Cl2N4O. The molecule has 0 radical (unpaired) electrons. The van der Waals surface area contributed by atoms with Crippen LogP contribution >= 0.6 is 23.2 Å². The number of carbonyl (C=O) groups excluding carboxylic acids is 1. The lowest BCUT2D eigenvalue weighted by molar-refractivity contribution is 0.262. The van der Waals surface area contributed by atoms with E-state index in [4.69, 9.17) is 23.2 Å². The minimum absolute atomic E-state index is 0.384. The average molecular weight is 361 g/mol. The van der Waals surface area contributed by atoms with E-state index in [1.54, 1.807) is 41.2 Å². The van der Waals surface area contributed by atoms with Gasteiger partial charge in [-0.15, -0.1) is 0 Å². The Balaban J connectivity index is 1.60. The lowest BCUT2D eigenvalue weighted by Gasteiger charge is -2.06. The number of anilines is 2. The Morgan fingerprint density at radius 1 is 1.00 bits per heavy atom. The molecule has 122 valence electrons. The first-order valence-corrected chi connectivity index (χ1v) is 7.95. The Labute approximate surface area is 149 Å². The van der Waals surface area contributed by atoms with Crippen LogP contribution in [0.4, 0.5) is 16.3 Å². The number of hydrogen-bond donors (Lipinski definition) is 2. The van der Waals surface area contributed by atoms with Crippen LogP contribution in [0.25, 0.3) is 0 Å². The first kappa shape index (κ1) is 16.4. The van der Waals surface area contributed by atoms with Gasteiger partial charge in [0.15, 0.2) is 5.82 Å². The van der Waals surface area contributed by atoms with Crippen LogP contribution < -0.4 is 10.6 Å². The van der Waals surface area contributed by atoms with Gasteiger partial charge < -0.3 is 5.32 Å². The van der Waals surface area contributed by atoms with Crippen LogP contribution in [0.15, 0.2) is 60.8 Å². The van der Waals surface area contributed by atoms with Crippen molar-refractivity contribution in [1.29, 1.82) is 0 Å². The van der Waals surface area contributed by atoms with Crippen molar-refractivity contribution in [3.63, 3.8) is 0 Å². The van der Waals surface area contributed by atoms with E-state index >= 15 is 0 Å². The van der Waals surface area contributed by atoms with E-state index in [9.17, 15) is 4.79 Å². The van der Waals surface area contributed by atoms with Crippen LogP contribution in [0.3, 0.4) is 0 Å². The van der Waals surface area contributed by atoms with Crippen molar-refractivity contribution < 1.29 is 4.79 Å². The van der Waals surface area contributed by atoms with Crippen molar-refractivity contribution in [3.8, 4) is 0 Å². The Bertz CT molecular complexity index is 863. The van der Waals surface area contributed by atoms with Gasteiger partial charge in [0, 0.05) is 28.0 Å². The smallest absolute Gasteiger partial charge is 0.308 e. The number of hydrogen-bond acceptors (Lipinski definition) is 2. The summed E-state index contributed by atoms with van der Waals surface area (Å²) in [6.07, 6.45) is 1.79. The first-order valence-electron chi connectivity index (χ1n) is 7.20. The zero-order chi connectivity index (χ0) is 16.9. The fraction of sp³-hybridized carbons (Fsp3) is 0.0588. The maximum absolute atomic E-state index is 12.0. The third-order valence-electron chi connectivity index (χ3n) is 3.20. The van der Waals surface area contributed by atoms with Gasteiger partial charge in [-0.05, 0) is 35.9 Å². The summed E-state index contributed by atoms with van der Waals surface area (Å²) in [4.78, 5) is 12.0. The summed E-state index contributed by atoms with van der Waals surface area (Å²) in [6, 6.07) is 15.8. The van der Waals surface area contributed by atoms with Gasteiger partial charge in [0.1, 0.15) is 0 Å². The predicted octanol–water partition coefficient (Wildman–Crippen LogP) is 4.88. The van der Waals surface area contributed by atoms with Crippen LogP contribution in [0.2, 0.25) is 10.0 Å². The topological polar surface area (TPSA) is 59.0 Å². The number of nitrogens with zero attached hydrogens (tertiary/aromatic N) is 2. The lowest BCUT2D eigenvalue weighted by Crippen LogP contribution is -2.19. The number of aromatic nitrogens is 2. The van der Waals surface area contributed by atoms with Gasteiger partial charge in [-0.25, -0.2) is 4.79 Å². The standard InChI is InChI=1S/C17H14Cl2N4O/c18-13-4-1-3-12(9-13)11-23-8-7-16(22-23)21-17(24)20-15-6-2-5-14(19)10-15/h1-10H,11H2,(H2,20,21,22,24). The Morgan fingerprint density at radius 2 is 1.75 bits per heavy atom. The molecule has 0 atom stereocenters. The van der Waals surface area contributed by atoms with Gasteiger partial charge in [-0.1, -0.05) is 41.4 Å². The summed E-state index contributed by atoms with van der Waals surface area (Å²) < 4.78 is 1.72. The summed E-state index contributed by atoms with van der Waals surface area (Å²) in [6.45, 7) is 0.568. The van der Waals surface area contributed by atoms with Crippen molar-refractivity contribution in [2.24, 2.45) is 0 Å². The molecule has 3 aromatic rings. The van der Waals surface area contributed by atoms with Gasteiger partial charge in [0.25, 0.3) is 0 Å². The average Bonchev–Trinajstić information content (AvgIpc) is 2.94. The van der Waals surface area contributed by atoms with E-state index in [2.05, 4.69) is 15.7 Å². The molecule has 0 bridgehead atoms. The number of nitrogens with one attached hydrogen (secondary N) is 2. The summed E-state index contributed by atoms with van der Waals surface area (Å²) in [5, 5.41) is 10.9. The summed E-state index contributed by atoms with van der Waals surface area (Å²) in [5.74, 6) is 0.455. The highest BCUT2D eigenvalue weighted by molar-refractivity contribution is 6.31. The molecule has 2 N–H and O–H groups in total.